The minimum atomic E-state index is -0.541. The molecule has 0 radical (unpaired) electrons. The van der Waals surface area contributed by atoms with E-state index in [-0.39, 0.29) is 34.5 Å². The van der Waals surface area contributed by atoms with Gasteiger partial charge in [0.15, 0.2) is 11.6 Å². The predicted octanol–water partition coefficient (Wildman–Crippen LogP) is 6.54. The Morgan fingerprint density at radius 3 is 2.60 bits per heavy atom. The van der Waals surface area contributed by atoms with Crippen LogP contribution in [0.4, 0.5) is 22.9 Å². The molecule has 5 aromatic rings. The van der Waals surface area contributed by atoms with Crippen LogP contribution in [-0.4, -0.2) is 50.6 Å². The number of carbonyl (C=O) groups is 1. The average Bonchev–Trinajstić information content (AvgIpc) is 3.44. The number of nitrogens with one attached hydrogen (secondary N) is 1. The number of aromatic hydroxyl groups is 1. The molecule has 0 aliphatic rings. The van der Waals surface area contributed by atoms with Crippen molar-refractivity contribution in [2.45, 2.75) is 13.3 Å². The Morgan fingerprint density at radius 1 is 1.05 bits per heavy atom. The van der Waals surface area contributed by atoms with E-state index in [4.69, 9.17) is 16.0 Å². The lowest BCUT2D eigenvalue weighted by atomic mass is 10.0. The van der Waals surface area contributed by atoms with E-state index in [2.05, 4.69) is 35.5 Å². The molecule has 0 saturated heterocycles. The minimum Gasteiger partial charge on any atom is -0.505 e. The average molecular weight is 563 g/mol. The first-order valence-corrected chi connectivity index (χ1v) is 13.1. The molecule has 2 N–H and O–H groups in total. The maximum absolute atomic E-state index is 13.3. The zero-order valence-corrected chi connectivity index (χ0v) is 22.6. The number of phenolic OH excluding ortho intramolecular Hbond substituents is 1. The molecule has 42 heavy (non-hydrogen) atoms. The minimum absolute atomic E-state index is 0.00125. The molecule has 0 atom stereocenters. The van der Waals surface area contributed by atoms with Crippen LogP contribution < -0.4 is 10.1 Å². The van der Waals surface area contributed by atoms with Crippen molar-refractivity contribution >= 4 is 39.6 Å². The third-order valence-corrected chi connectivity index (χ3v) is 6.03. The number of amides is 1. The lowest BCUT2D eigenvalue weighted by molar-refractivity contribution is 0.101. The van der Waals surface area contributed by atoms with Crippen molar-refractivity contribution < 1.29 is 19.4 Å². The summed E-state index contributed by atoms with van der Waals surface area (Å²) < 4.78 is 12.3. The molecule has 0 fully saturated rings. The zero-order chi connectivity index (χ0) is 29.3. The second-order valence-corrected chi connectivity index (χ2v) is 8.91. The standard InChI is InChI=1S/C30H26N8O4/c1-3-15-41-16-17-42-22-11-9-21(10-12-22)35-29(40)24-18-20-7-4-5-8-23(20)26(27(24)39)36-37-28-25(31-2)19-34-38(28)30-32-13-6-14-33-30/h4-14,18-19,39H,3,15-17H2,1H3,(H,35,40). The van der Waals surface area contributed by atoms with Gasteiger partial charge in [-0.25, -0.2) is 14.8 Å². The number of phenols is 1. The van der Waals surface area contributed by atoms with Crippen LogP contribution in [0.1, 0.15) is 23.7 Å². The number of anilines is 1. The predicted molar refractivity (Wildman–Crippen MR) is 156 cm³/mol. The molecule has 210 valence electrons. The SMILES string of the molecule is [C-]#[N+]c1cnn(-c2ncccn2)c1N=Nc1c(O)c(C(=O)Nc2ccc(OCCOCCC)cc2)cc2ccccc12. The molecule has 0 aliphatic heterocycles. The molecule has 2 aromatic heterocycles. The van der Waals surface area contributed by atoms with Crippen LogP contribution in [0.3, 0.4) is 0 Å². The van der Waals surface area contributed by atoms with Gasteiger partial charge in [0.25, 0.3) is 17.5 Å². The third-order valence-electron chi connectivity index (χ3n) is 6.03. The lowest BCUT2D eigenvalue weighted by Crippen LogP contribution is -2.12. The van der Waals surface area contributed by atoms with Crippen molar-refractivity contribution in [2.24, 2.45) is 10.2 Å². The van der Waals surface area contributed by atoms with Gasteiger partial charge in [0.05, 0.1) is 24.9 Å². The largest absolute Gasteiger partial charge is 0.505 e. The normalized spacial score (nSPS) is 11.0. The summed E-state index contributed by atoms with van der Waals surface area (Å²) in [7, 11) is 0. The number of aromatic nitrogens is 4. The highest BCUT2D eigenvalue weighted by Crippen LogP contribution is 2.40. The van der Waals surface area contributed by atoms with Crippen LogP contribution in [0.25, 0.3) is 21.6 Å². The second kappa shape index (κ2) is 13.1. The summed E-state index contributed by atoms with van der Waals surface area (Å²) in [5.74, 6) is 0.0103. The van der Waals surface area contributed by atoms with E-state index in [1.807, 2.05) is 13.0 Å². The Labute approximate surface area is 241 Å². The van der Waals surface area contributed by atoms with Crippen LogP contribution in [0.5, 0.6) is 11.5 Å². The van der Waals surface area contributed by atoms with Crippen LogP contribution in [0.2, 0.25) is 0 Å². The van der Waals surface area contributed by atoms with Gasteiger partial charge in [-0.1, -0.05) is 31.2 Å². The van der Waals surface area contributed by atoms with E-state index in [0.29, 0.717) is 42.0 Å². The Hall–Kier alpha value is -5.67. The molecule has 0 saturated carbocycles. The van der Waals surface area contributed by atoms with Crippen molar-refractivity contribution in [3.05, 3.63) is 96.2 Å². The maximum atomic E-state index is 13.3. The van der Waals surface area contributed by atoms with Gasteiger partial charge in [-0.3, -0.25) is 4.79 Å². The fraction of sp³-hybridized carbons (Fsp3) is 0.167. The number of rotatable bonds is 11. The molecule has 1 amide bonds. The Balaban J connectivity index is 1.42. The second-order valence-electron chi connectivity index (χ2n) is 8.91. The molecular formula is C30H26N8O4. The molecule has 12 heteroatoms. The van der Waals surface area contributed by atoms with E-state index in [9.17, 15) is 9.90 Å². The highest BCUT2D eigenvalue weighted by molar-refractivity contribution is 6.11. The molecule has 0 unspecified atom stereocenters. The van der Waals surface area contributed by atoms with Crippen molar-refractivity contribution in [3.63, 3.8) is 0 Å². The first kappa shape index (κ1) is 27.9. The van der Waals surface area contributed by atoms with E-state index in [0.717, 1.165) is 6.42 Å². The molecule has 0 bridgehead atoms. The van der Waals surface area contributed by atoms with Gasteiger partial charge in [-0.05, 0) is 48.2 Å². The first-order valence-electron chi connectivity index (χ1n) is 13.1. The first-order chi connectivity index (χ1) is 20.6. The zero-order valence-electron chi connectivity index (χ0n) is 22.6. The monoisotopic (exact) mass is 562 g/mol. The number of benzene rings is 3. The van der Waals surface area contributed by atoms with Gasteiger partial charge in [0.1, 0.15) is 18.0 Å². The van der Waals surface area contributed by atoms with Crippen LogP contribution in [-0.2, 0) is 4.74 Å². The quantitative estimate of drug-likeness (QED) is 0.106. The van der Waals surface area contributed by atoms with E-state index in [1.54, 1.807) is 54.6 Å². The van der Waals surface area contributed by atoms with Crippen molar-refractivity contribution in [1.29, 1.82) is 0 Å². The summed E-state index contributed by atoms with van der Waals surface area (Å²) in [6.07, 6.45) is 5.35. The van der Waals surface area contributed by atoms with E-state index in [1.165, 1.54) is 23.3 Å². The number of carbonyl (C=O) groups excluding carboxylic acids is 1. The van der Waals surface area contributed by atoms with Gasteiger partial charge < -0.3 is 19.9 Å². The molecule has 2 heterocycles. The fourth-order valence-electron chi connectivity index (χ4n) is 4.04. The number of nitrogens with zero attached hydrogens (tertiary/aromatic N) is 7. The molecular weight excluding hydrogens is 536 g/mol. The van der Waals surface area contributed by atoms with E-state index >= 15 is 0 Å². The van der Waals surface area contributed by atoms with Gasteiger partial charge in [0, 0.05) is 30.1 Å². The fourth-order valence-corrected chi connectivity index (χ4v) is 4.04. The van der Waals surface area contributed by atoms with Gasteiger partial charge in [-0.2, -0.15) is 9.78 Å². The number of azo groups is 1. The summed E-state index contributed by atoms with van der Waals surface area (Å²) in [4.78, 5) is 25.1. The van der Waals surface area contributed by atoms with Gasteiger partial charge >= 0.3 is 0 Å². The number of fused-ring (bicyclic) bond motifs is 1. The molecule has 5 rings (SSSR count). The maximum Gasteiger partial charge on any atom is 0.259 e. The van der Waals surface area contributed by atoms with Crippen LogP contribution in [0.15, 0.2) is 89.5 Å². The molecule has 0 spiro atoms. The van der Waals surface area contributed by atoms with Crippen molar-refractivity contribution in [3.8, 4) is 17.4 Å². The Kier molecular flexibility index (Phi) is 8.71. The molecule has 0 aliphatic carbocycles. The lowest BCUT2D eigenvalue weighted by Gasteiger charge is -2.12. The third kappa shape index (κ3) is 6.22. The summed E-state index contributed by atoms with van der Waals surface area (Å²) in [5.41, 5.74) is 0.690. The highest BCUT2D eigenvalue weighted by Gasteiger charge is 2.20. The highest BCUT2D eigenvalue weighted by atomic mass is 16.5. The smallest absolute Gasteiger partial charge is 0.259 e. The number of hydrogen-bond acceptors (Lipinski definition) is 9. The molecule has 3 aromatic carbocycles. The van der Waals surface area contributed by atoms with E-state index < -0.39 is 5.91 Å². The number of ether oxygens (including phenoxy) is 2. The number of hydrogen-bond donors (Lipinski definition) is 2. The summed E-state index contributed by atoms with van der Waals surface area (Å²) in [5, 5.41) is 27.9. The van der Waals surface area contributed by atoms with Gasteiger partial charge in [0.2, 0.25) is 0 Å². The van der Waals surface area contributed by atoms with Crippen LogP contribution in [0, 0.1) is 6.57 Å². The topological polar surface area (TPSA) is 140 Å². The summed E-state index contributed by atoms with van der Waals surface area (Å²) in [6.45, 7) is 11.1. The van der Waals surface area contributed by atoms with Gasteiger partial charge in [-0.15, -0.1) is 10.2 Å². The van der Waals surface area contributed by atoms with Crippen LogP contribution >= 0.6 is 0 Å². The summed E-state index contributed by atoms with van der Waals surface area (Å²) >= 11 is 0. The Bertz CT molecular complexity index is 1760. The summed E-state index contributed by atoms with van der Waals surface area (Å²) in [6, 6.07) is 17.3. The molecule has 12 nitrogen and oxygen atoms in total. The van der Waals surface area contributed by atoms with Crippen molar-refractivity contribution in [1.82, 2.24) is 19.7 Å². The van der Waals surface area contributed by atoms with Crippen molar-refractivity contribution in [2.75, 3.05) is 25.1 Å². The Morgan fingerprint density at radius 2 is 1.83 bits per heavy atom.